The first kappa shape index (κ1) is 18.9. The van der Waals surface area contributed by atoms with E-state index in [4.69, 9.17) is 5.11 Å². The summed E-state index contributed by atoms with van der Waals surface area (Å²) in [6.07, 6.45) is 0.540. The minimum Gasteiger partial charge on any atom is -0.480 e. The fourth-order valence-corrected chi connectivity index (χ4v) is 4.08. The second kappa shape index (κ2) is 7.51. The highest BCUT2D eigenvalue weighted by Crippen LogP contribution is 2.33. The molecule has 5 rings (SSSR count). The van der Waals surface area contributed by atoms with Crippen LogP contribution in [0, 0.1) is 0 Å². The molecule has 1 unspecified atom stereocenters. The van der Waals surface area contributed by atoms with Crippen molar-refractivity contribution in [3.05, 3.63) is 60.7 Å². The Hall–Kier alpha value is -3.47. The Labute approximate surface area is 167 Å². The average molecular weight is 387 g/mol. The largest absolute Gasteiger partial charge is 0.480 e. The first-order chi connectivity index (χ1) is 14.0. The summed E-state index contributed by atoms with van der Waals surface area (Å²) in [6.45, 7) is 1.64. The van der Waals surface area contributed by atoms with E-state index in [1.807, 2.05) is 0 Å². The summed E-state index contributed by atoms with van der Waals surface area (Å²) in [4.78, 5) is 33.8. The number of likely N-dealkylation sites (tertiary alicyclic amines) is 1. The molecule has 4 aromatic rings. The molecule has 0 radical (unpaired) electrons. The molecule has 1 heterocycles. The number of hydrogen-bond donors (Lipinski definition) is 1. The van der Waals surface area contributed by atoms with Crippen molar-refractivity contribution in [1.29, 1.82) is 0 Å². The van der Waals surface area contributed by atoms with Crippen molar-refractivity contribution in [3.63, 3.8) is 0 Å². The van der Waals surface area contributed by atoms with Gasteiger partial charge in [-0.05, 0) is 38.7 Å². The standard InChI is InChI=1S/C16H10.C8H11NO4/c1-3-11-7-9-13-5-2-6-14-10-8-12(4-1)15(11)16(13)14;1-2-5(8(12)13)9-6(10)3-4-7(9)11/h1-10H;5H,2-4H2,1H3,(H,12,13). The lowest BCUT2D eigenvalue weighted by Gasteiger charge is -2.20. The zero-order valence-corrected chi connectivity index (χ0v) is 16.1. The highest BCUT2D eigenvalue weighted by atomic mass is 16.4. The van der Waals surface area contributed by atoms with Crippen molar-refractivity contribution in [2.45, 2.75) is 32.2 Å². The SMILES string of the molecule is CCC(C(=O)O)N1C(=O)CCC1=O.c1cc2ccc3cccc4ccc(c1)c2c34. The number of carboxylic acids is 1. The van der Waals surface area contributed by atoms with Crippen molar-refractivity contribution < 1.29 is 19.5 Å². The lowest BCUT2D eigenvalue weighted by Crippen LogP contribution is -2.43. The number of hydrogen-bond acceptors (Lipinski definition) is 3. The van der Waals surface area contributed by atoms with Gasteiger partial charge in [0.25, 0.3) is 0 Å². The number of aliphatic carboxylic acids is 1. The van der Waals surface area contributed by atoms with Gasteiger partial charge < -0.3 is 5.11 Å². The molecule has 1 aliphatic rings. The number of carbonyl (C=O) groups excluding carboxylic acids is 2. The molecule has 2 amide bonds. The number of rotatable bonds is 3. The van der Waals surface area contributed by atoms with E-state index in [2.05, 4.69) is 60.7 Å². The highest BCUT2D eigenvalue weighted by molar-refractivity contribution is 6.22. The van der Waals surface area contributed by atoms with Crippen molar-refractivity contribution in [1.82, 2.24) is 4.90 Å². The number of carbonyl (C=O) groups is 3. The lowest BCUT2D eigenvalue weighted by atomic mass is 9.95. The molecule has 1 N–H and O–H groups in total. The molecule has 0 bridgehead atoms. The molecule has 1 atom stereocenters. The highest BCUT2D eigenvalue weighted by Gasteiger charge is 2.37. The van der Waals surface area contributed by atoms with E-state index < -0.39 is 12.0 Å². The number of carboxylic acid groups (broad SMARTS) is 1. The van der Waals surface area contributed by atoms with Crippen molar-refractivity contribution in [2.24, 2.45) is 0 Å². The third kappa shape index (κ3) is 3.29. The first-order valence-electron chi connectivity index (χ1n) is 9.71. The number of nitrogens with zero attached hydrogens (tertiary/aromatic N) is 1. The van der Waals surface area contributed by atoms with E-state index in [1.165, 1.54) is 32.3 Å². The monoisotopic (exact) mass is 387 g/mol. The van der Waals surface area contributed by atoms with E-state index in [0.717, 1.165) is 4.90 Å². The minimum absolute atomic E-state index is 0.141. The summed E-state index contributed by atoms with van der Waals surface area (Å²) in [5, 5.41) is 16.9. The summed E-state index contributed by atoms with van der Waals surface area (Å²) in [7, 11) is 0. The Bertz CT molecular complexity index is 1080. The molecule has 29 heavy (non-hydrogen) atoms. The second-order valence-electron chi connectivity index (χ2n) is 7.21. The summed E-state index contributed by atoms with van der Waals surface area (Å²) < 4.78 is 0. The summed E-state index contributed by atoms with van der Waals surface area (Å²) in [5.74, 6) is -1.87. The number of amides is 2. The summed E-state index contributed by atoms with van der Waals surface area (Å²) in [5.41, 5.74) is 0. The zero-order chi connectivity index (χ0) is 20.5. The van der Waals surface area contributed by atoms with Crippen molar-refractivity contribution in [3.8, 4) is 0 Å². The van der Waals surface area contributed by atoms with Crippen LogP contribution in [0.15, 0.2) is 60.7 Å². The van der Waals surface area contributed by atoms with Gasteiger partial charge in [0.2, 0.25) is 11.8 Å². The van der Waals surface area contributed by atoms with E-state index in [9.17, 15) is 14.4 Å². The molecular formula is C24H21NO4. The predicted octanol–water partition coefficient (Wildman–Crippen LogP) is 4.58. The van der Waals surface area contributed by atoms with Gasteiger partial charge >= 0.3 is 5.97 Å². The Morgan fingerprint density at radius 3 is 1.52 bits per heavy atom. The molecule has 5 nitrogen and oxygen atoms in total. The molecule has 5 heteroatoms. The van der Waals surface area contributed by atoms with Gasteiger partial charge in [0.05, 0.1) is 0 Å². The Morgan fingerprint density at radius 2 is 1.21 bits per heavy atom. The van der Waals surface area contributed by atoms with Crippen LogP contribution in [0.4, 0.5) is 0 Å². The topological polar surface area (TPSA) is 74.7 Å². The zero-order valence-electron chi connectivity index (χ0n) is 16.1. The number of benzene rings is 4. The lowest BCUT2D eigenvalue weighted by molar-refractivity contribution is -0.154. The molecule has 1 fully saturated rings. The van der Waals surface area contributed by atoms with Gasteiger partial charge in [0.15, 0.2) is 0 Å². The quantitative estimate of drug-likeness (QED) is 0.412. The van der Waals surface area contributed by atoms with Gasteiger partial charge in [0.1, 0.15) is 6.04 Å². The molecule has 146 valence electrons. The normalized spacial score (nSPS) is 15.1. The molecule has 0 saturated carbocycles. The Balaban J connectivity index is 0.000000146. The molecule has 0 aliphatic carbocycles. The van der Waals surface area contributed by atoms with Crippen LogP contribution in [0.3, 0.4) is 0 Å². The van der Waals surface area contributed by atoms with Crippen LogP contribution in [-0.4, -0.2) is 33.8 Å². The van der Waals surface area contributed by atoms with Crippen LogP contribution < -0.4 is 0 Å². The van der Waals surface area contributed by atoms with Gasteiger partial charge in [-0.3, -0.25) is 14.5 Å². The van der Waals surface area contributed by atoms with Crippen molar-refractivity contribution >= 4 is 50.1 Å². The Kier molecular flexibility index (Phi) is 4.89. The van der Waals surface area contributed by atoms with Crippen LogP contribution in [0.2, 0.25) is 0 Å². The number of imide groups is 1. The van der Waals surface area contributed by atoms with Crippen LogP contribution >= 0.6 is 0 Å². The average Bonchev–Trinajstić information content (AvgIpc) is 3.06. The van der Waals surface area contributed by atoms with E-state index in [1.54, 1.807) is 6.92 Å². The minimum atomic E-state index is -1.12. The van der Waals surface area contributed by atoms with Gasteiger partial charge in [0, 0.05) is 12.8 Å². The first-order valence-corrected chi connectivity index (χ1v) is 9.71. The van der Waals surface area contributed by atoms with Crippen molar-refractivity contribution in [2.75, 3.05) is 0 Å². The summed E-state index contributed by atoms with van der Waals surface area (Å²) in [6, 6.07) is 20.9. The molecule has 1 aliphatic heterocycles. The van der Waals surface area contributed by atoms with Gasteiger partial charge in [-0.25, -0.2) is 4.79 Å². The van der Waals surface area contributed by atoms with Crippen LogP contribution in [-0.2, 0) is 14.4 Å². The van der Waals surface area contributed by atoms with Crippen LogP contribution in [0.5, 0.6) is 0 Å². The molecule has 1 saturated heterocycles. The smallest absolute Gasteiger partial charge is 0.326 e. The fraction of sp³-hybridized carbons (Fsp3) is 0.208. The second-order valence-corrected chi connectivity index (χ2v) is 7.21. The van der Waals surface area contributed by atoms with E-state index >= 15 is 0 Å². The molecule has 4 aromatic carbocycles. The van der Waals surface area contributed by atoms with Gasteiger partial charge in [-0.2, -0.15) is 0 Å². The third-order valence-corrected chi connectivity index (χ3v) is 5.47. The van der Waals surface area contributed by atoms with E-state index in [0.29, 0.717) is 0 Å². The fourth-order valence-electron chi connectivity index (χ4n) is 4.08. The predicted molar refractivity (Wildman–Crippen MR) is 113 cm³/mol. The Morgan fingerprint density at radius 1 is 0.828 bits per heavy atom. The maximum atomic E-state index is 11.1. The molecular weight excluding hydrogens is 366 g/mol. The van der Waals surface area contributed by atoms with E-state index in [-0.39, 0.29) is 31.1 Å². The third-order valence-electron chi connectivity index (χ3n) is 5.47. The molecule has 0 spiro atoms. The maximum Gasteiger partial charge on any atom is 0.326 e. The van der Waals surface area contributed by atoms with Crippen LogP contribution in [0.25, 0.3) is 32.3 Å². The van der Waals surface area contributed by atoms with Gasteiger partial charge in [-0.1, -0.05) is 67.6 Å². The molecule has 0 aromatic heterocycles. The van der Waals surface area contributed by atoms with Gasteiger partial charge in [-0.15, -0.1) is 0 Å². The summed E-state index contributed by atoms with van der Waals surface area (Å²) >= 11 is 0. The van der Waals surface area contributed by atoms with Crippen LogP contribution in [0.1, 0.15) is 26.2 Å². The maximum absolute atomic E-state index is 11.1.